The summed E-state index contributed by atoms with van der Waals surface area (Å²) in [5.41, 5.74) is 0.530. The second-order valence-corrected chi connectivity index (χ2v) is 5.78. The van der Waals surface area contributed by atoms with E-state index in [9.17, 15) is 4.79 Å². The topological polar surface area (TPSA) is 67.5 Å². The number of anilines is 1. The summed E-state index contributed by atoms with van der Waals surface area (Å²) in [5, 5.41) is 0.584. The summed E-state index contributed by atoms with van der Waals surface area (Å²) >= 11 is 0. The van der Waals surface area contributed by atoms with E-state index >= 15 is 0 Å². The van der Waals surface area contributed by atoms with Crippen LogP contribution in [0.2, 0.25) is 0 Å². The molecule has 0 unspecified atom stereocenters. The second-order valence-electron chi connectivity index (χ2n) is 5.78. The largest absolute Gasteiger partial charge is 0.486 e. The van der Waals surface area contributed by atoms with Gasteiger partial charge in [-0.2, -0.15) is 0 Å². The van der Waals surface area contributed by atoms with Gasteiger partial charge in [-0.15, -0.1) is 0 Å². The Morgan fingerprint density at radius 2 is 1.92 bits per heavy atom. The van der Waals surface area contributed by atoms with Crippen LogP contribution in [0.15, 0.2) is 53.3 Å². The number of aromatic nitrogens is 2. The van der Waals surface area contributed by atoms with Crippen LogP contribution in [0, 0.1) is 0 Å². The lowest BCUT2D eigenvalue weighted by atomic mass is 10.2. The molecule has 0 saturated heterocycles. The molecule has 0 radical (unpaired) electrons. The summed E-state index contributed by atoms with van der Waals surface area (Å²) in [6.07, 6.45) is -0.137. The molecule has 1 aliphatic rings. The number of para-hydroxylation sites is 3. The number of fused-ring (bicyclic) bond motifs is 2. The minimum atomic E-state index is -0.145. The van der Waals surface area contributed by atoms with Crippen LogP contribution in [0.5, 0.6) is 11.5 Å². The first-order valence-electron chi connectivity index (χ1n) is 7.79. The van der Waals surface area contributed by atoms with Crippen molar-refractivity contribution in [2.24, 2.45) is 0 Å². The van der Waals surface area contributed by atoms with Gasteiger partial charge in [0.2, 0.25) is 5.95 Å². The van der Waals surface area contributed by atoms with Crippen LogP contribution in [0.1, 0.15) is 0 Å². The van der Waals surface area contributed by atoms with E-state index in [1.165, 1.54) is 0 Å². The third kappa shape index (κ3) is 2.67. The molecule has 1 aliphatic heterocycles. The SMILES string of the molecule is CN(C[C@@H]1COc2ccccc2O1)c1nc2ccccc2c(=O)[nH]1. The van der Waals surface area contributed by atoms with E-state index in [-0.39, 0.29) is 11.7 Å². The lowest BCUT2D eigenvalue weighted by molar-refractivity contribution is 0.0958. The van der Waals surface area contributed by atoms with Gasteiger partial charge < -0.3 is 14.4 Å². The number of H-pyrrole nitrogens is 1. The third-order valence-corrected chi connectivity index (χ3v) is 4.01. The minimum absolute atomic E-state index is 0.137. The van der Waals surface area contributed by atoms with Crippen LogP contribution in [0.4, 0.5) is 5.95 Å². The number of rotatable bonds is 3. The van der Waals surface area contributed by atoms with Crippen molar-refractivity contribution in [1.29, 1.82) is 0 Å². The third-order valence-electron chi connectivity index (χ3n) is 4.01. The molecule has 1 N–H and O–H groups in total. The fourth-order valence-corrected chi connectivity index (χ4v) is 2.80. The molecule has 24 heavy (non-hydrogen) atoms. The van der Waals surface area contributed by atoms with E-state index in [1.54, 1.807) is 6.07 Å². The first kappa shape index (κ1) is 14.6. The van der Waals surface area contributed by atoms with Crippen LogP contribution in [-0.4, -0.2) is 36.3 Å². The molecule has 6 nitrogen and oxygen atoms in total. The maximum Gasteiger partial charge on any atom is 0.260 e. The van der Waals surface area contributed by atoms with Gasteiger partial charge in [-0.05, 0) is 24.3 Å². The lowest BCUT2D eigenvalue weighted by Crippen LogP contribution is -2.40. The number of nitrogens with one attached hydrogen (secondary N) is 1. The van der Waals surface area contributed by atoms with E-state index in [1.807, 2.05) is 54.4 Å². The van der Waals surface area contributed by atoms with Crippen molar-refractivity contribution in [3.05, 3.63) is 58.9 Å². The number of hydrogen-bond acceptors (Lipinski definition) is 5. The first-order valence-corrected chi connectivity index (χ1v) is 7.79. The number of ether oxygens (including phenoxy) is 2. The molecule has 0 saturated carbocycles. The Balaban J connectivity index is 1.55. The zero-order valence-electron chi connectivity index (χ0n) is 13.2. The molecule has 0 spiro atoms. The Morgan fingerprint density at radius 3 is 2.79 bits per heavy atom. The summed E-state index contributed by atoms with van der Waals surface area (Å²) in [6.45, 7) is 1.01. The van der Waals surface area contributed by atoms with Gasteiger partial charge in [-0.1, -0.05) is 24.3 Å². The van der Waals surface area contributed by atoms with Crippen LogP contribution in [0.3, 0.4) is 0 Å². The van der Waals surface area contributed by atoms with Gasteiger partial charge in [0.25, 0.3) is 5.56 Å². The Hall–Kier alpha value is -3.02. The predicted molar refractivity (Wildman–Crippen MR) is 92.0 cm³/mol. The van der Waals surface area contributed by atoms with Gasteiger partial charge in [0.15, 0.2) is 17.6 Å². The van der Waals surface area contributed by atoms with E-state index in [2.05, 4.69) is 9.97 Å². The van der Waals surface area contributed by atoms with Crippen molar-refractivity contribution in [2.75, 3.05) is 25.1 Å². The molecule has 1 atom stereocenters. The Morgan fingerprint density at radius 1 is 1.17 bits per heavy atom. The van der Waals surface area contributed by atoms with E-state index in [0.29, 0.717) is 30.0 Å². The summed E-state index contributed by atoms with van der Waals surface area (Å²) in [5.74, 6) is 2.01. The van der Waals surface area contributed by atoms with Gasteiger partial charge in [0.1, 0.15) is 6.61 Å². The molecule has 0 aliphatic carbocycles. The highest BCUT2D eigenvalue weighted by molar-refractivity contribution is 5.78. The quantitative estimate of drug-likeness (QED) is 0.800. The number of hydrogen-bond donors (Lipinski definition) is 1. The molecular weight excluding hydrogens is 306 g/mol. The van der Waals surface area contributed by atoms with Gasteiger partial charge in [0.05, 0.1) is 17.4 Å². The van der Waals surface area contributed by atoms with Crippen molar-refractivity contribution < 1.29 is 9.47 Å². The van der Waals surface area contributed by atoms with Gasteiger partial charge >= 0.3 is 0 Å². The van der Waals surface area contributed by atoms with Crippen molar-refractivity contribution in [3.63, 3.8) is 0 Å². The maximum atomic E-state index is 12.2. The molecular formula is C18H17N3O3. The molecule has 6 heteroatoms. The van der Waals surface area contributed by atoms with Gasteiger partial charge in [-0.3, -0.25) is 9.78 Å². The van der Waals surface area contributed by atoms with Crippen molar-refractivity contribution in [3.8, 4) is 11.5 Å². The first-order chi connectivity index (χ1) is 11.7. The van der Waals surface area contributed by atoms with Crippen LogP contribution >= 0.6 is 0 Å². The predicted octanol–water partition coefficient (Wildman–Crippen LogP) is 2.20. The molecule has 1 aromatic heterocycles. The Bertz CT molecular complexity index is 938. The zero-order valence-corrected chi connectivity index (χ0v) is 13.2. The van der Waals surface area contributed by atoms with Crippen LogP contribution in [-0.2, 0) is 0 Å². The Labute approximate surface area is 138 Å². The fourth-order valence-electron chi connectivity index (χ4n) is 2.80. The highest BCUT2D eigenvalue weighted by Gasteiger charge is 2.22. The van der Waals surface area contributed by atoms with Crippen molar-refractivity contribution in [1.82, 2.24) is 9.97 Å². The molecule has 0 amide bonds. The maximum absolute atomic E-state index is 12.2. The second kappa shape index (κ2) is 5.88. The zero-order chi connectivity index (χ0) is 16.5. The van der Waals surface area contributed by atoms with Gasteiger partial charge in [0, 0.05) is 7.05 Å². The van der Waals surface area contributed by atoms with Crippen LogP contribution < -0.4 is 19.9 Å². The summed E-state index contributed by atoms with van der Waals surface area (Å²) in [4.78, 5) is 21.4. The molecule has 2 aromatic carbocycles. The van der Waals surface area contributed by atoms with E-state index < -0.39 is 0 Å². The smallest absolute Gasteiger partial charge is 0.260 e. The number of benzene rings is 2. The van der Waals surface area contributed by atoms with Crippen molar-refractivity contribution >= 4 is 16.9 Å². The van der Waals surface area contributed by atoms with E-state index in [0.717, 1.165) is 11.5 Å². The number of nitrogens with zero attached hydrogens (tertiary/aromatic N) is 2. The monoisotopic (exact) mass is 323 g/mol. The standard InChI is InChI=1S/C18H17N3O3/c1-21(10-12-11-23-15-8-4-5-9-16(15)24-12)18-19-14-7-3-2-6-13(14)17(22)20-18/h2-9,12H,10-11H2,1H3,(H,19,20,22)/t12-/m1/s1. The lowest BCUT2D eigenvalue weighted by Gasteiger charge is -2.29. The Kier molecular flexibility index (Phi) is 3.57. The molecule has 0 bridgehead atoms. The van der Waals surface area contributed by atoms with Crippen LogP contribution in [0.25, 0.3) is 10.9 Å². The van der Waals surface area contributed by atoms with Gasteiger partial charge in [-0.25, -0.2) is 4.98 Å². The molecule has 122 valence electrons. The number of likely N-dealkylation sites (N-methyl/N-ethyl adjacent to an activating group) is 1. The molecule has 2 heterocycles. The average Bonchev–Trinajstić information content (AvgIpc) is 2.61. The number of aromatic amines is 1. The minimum Gasteiger partial charge on any atom is -0.486 e. The molecule has 0 fully saturated rings. The van der Waals surface area contributed by atoms with E-state index in [4.69, 9.17) is 9.47 Å². The highest BCUT2D eigenvalue weighted by Crippen LogP contribution is 2.31. The fraction of sp³-hybridized carbons (Fsp3) is 0.222. The van der Waals surface area contributed by atoms with Crippen molar-refractivity contribution in [2.45, 2.75) is 6.10 Å². The molecule has 3 aromatic rings. The summed E-state index contributed by atoms with van der Waals surface area (Å²) < 4.78 is 11.7. The highest BCUT2D eigenvalue weighted by atomic mass is 16.6. The average molecular weight is 323 g/mol. The summed E-state index contributed by atoms with van der Waals surface area (Å²) in [6, 6.07) is 14.9. The normalized spacial score (nSPS) is 16.1. The molecule has 4 rings (SSSR count). The summed E-state index contributed by atoms with van der Waals surface area (Å²) in [7, 11) is 1.87.